The molecule has 5 nitrogen and oxygen atoms in total. The zero-order valence-electron chi connectivity index (χ0n) is 13.2. The Bertz CT molecular complexity index is 896. The fourth-order valence-electron chi connectivity index (χ4n) is 2.26. The first-order valence-electron chi connectivity index (χ1n) is 7.48. The molecule has 3 aromatic rings. The molecule has 3 rings (SSSR count). The largest absolute Gasteiger partial charge is 0.451 e. The highest BCUT2D eigenvalue weighted by molar-refractivity contribution is 6.02. The van der Waals surface area contributed by atoms with Crippen molar-refractivity contribution in [1.82, 2.24) is 9.78 Å². The average Bonchev–Trinajstić information content (AvgIpc) is 3.23. The lowest BCUT2D eigenvalue weighted by Gasteiger charge is -2.07. The van der Waals surface area contributed by atoms with E-state index in [9.17, 15) is 18.0 Å². The van der Waals surface area contributed by atoms with E-state index in [0.717, 1.165) is 12.1 Å². The Morgan fingerprint density at radius 3 is 2.76 bits per heavy atom. The van der Waals surface area contributed by atoms with Crippen LogP contribution in [0, 0.1) is 0 Å². The molecule has 0 atom stereocenters. The van der Waals surface area contributed by atoms with Gasteiger partial charge in [0.05, 0.1) is 17.4 Å². The number of nitrogens with one attached hydrogen (secondary N) is 1. The first-order valence-corrected chi connectivity index (χ1v) is 7.48. The third kappa shape index (κ3) is 3.73. The van der Waals surface area contributed by atoms with E-state index >= 15 is 0 Å². The van der Waals surface area contributed by atoms with Gasteiger partial charge in [0, 0.05) is 18.3 Å². The number of furan rings is 1. The zero-order chi connectivity index (χ0) is 18.0. The third-order valence-corrected chi connectivity index (χ3v) is 3.52. The molecule has 1 N–H and O–H groups in total. The minimum Gasteiger partial charge on any atom is -0.451 e. The highest BCUT2D eigenvalue weighted by Crippen LogP contribution is 2.32. The molecule has 0 aliphatic rings. The molecule has 2 aromatic heterocycles. The Morgan fingerprint density at radius 2 is 2.08 bits per heavy atom. The smallest absolute Gasteiger partial charge is 0.416 e. The minimum absolute atomic E-state index is 0.00309. The summed E-state index contributed by atoms with van der Waals surface area (Å²) in [5, 5.41) is 6.65. The van der Waals surface area contributed by atoms with Gasteiger partial charge >= 0.3 is 6.18 Å². The number of aromatic nitrogens is 2. The van der Waals surface area contributed by atoms with E-state index in [1.54, 1.807) is 10.9 Å². The first kappa shape index (κ1) is 16.8. The summed E-state index contributed by atoms with van der Waals surface area (Å²) in [6.45, 7) is 2.57. The van der Waals surface area contributed by atoms with Crippen molar-refractivity contribution in [2.45, 2.75) is 19.6 Å². The highest BCUT2D eigenvalue weighted by atomic mass is 19.4. The standard InChI is InChI=1S/C17H14F3N3O2/c1-2-23-10-13(9-21-23)22-16(24)15-7-6-14(25-15)11-4-3-5-12(8-11)17(18,19)20/h3-10H,2H2,1H3,(H,22,24). The van der Waals surface area contributed by atoms with Crippen molar-refractivity contribution < 1.29 is 22.4 Å². The number of benzene rings is 1. The lowest BCUT2D eigenvalue weighted by Crippen LogP contribution is -2.10. The van der Waals surface area contributed by atoms with Crippen molar-refractivity contribution in [3.8, 4) is 11.3 Å². The molecule has 0 saturated carbocycles. The lowest BCUT2D eigenvalue weighted by atomic mass is 10.1. The Labute approximate surface area is 141 Å². The summed E-state index contributed by atoms with van der Waals surface area (Å²) in [5.74, 6) is -0.328. The van der Waals surface area contributed by atoms with Gasteiger partial charge in [-0.25, -0.2) is 0 Å². The molecule has 0 fully saturated rings. The molecule has 0 saturated heterocycles. The second-order valence-electron chi connectivity index (χ2n) is 5.28. The second-order valence-corrected chi connectivity index (χ2v) is 5.28. The van der Waals surface area contributed by atoms with Crippen LogP contribution in [0.3, 0.4) is 0 Å². The van der Waals surface area contributed by atoms with E-state index in [0.29, 0.717) is 12.2 Å². The van der Waals surface area contributed by atoms with Crippen LogP contribution < -0.4 is 5.32 Å². The Hall–Kier alpha value is -3.03. The van der Waals surface area contributed by atoms with E-state index in [2.05, 4.69) is 10.4 Å². The van der Waals surface area contributed by atoms with Gasteiger partial charge in [0.25, 0.3) is 5.91 Å². The highest BCUT2D eigenvalue weighted by Gasteiger charge is 2.30. The Balaban J connectivity index is 1.79. The number of carbonyl (C=O) groups is 1. The third-order valence-electron chi connectivity index (χ3n) is 3.52. The summed E-state index contributed by atoms with van der Waals surface area (Å²) < 4.78 is 45.4. The van der Waals surface area contributed by atoms with Crippen molar-refractivity contribution in [2.24, 2.45) is 0 Å². The van der Waals surface area contributed by atoms with Crippen LogP contribution in [-0.4, -0.2) is 15.7 Å². The van der Waals surface area contributed by atoms with Gasteiger partial charge < -0.3 is 9.73 Å². The summed E-state index contributed by atoms with van der Waals surface area (Å²) in [6.07, 6.45) is -1.28. The first-order chi connectivity index (χ1) is 11.9. The summed E-state index contributed by atoms with van der Waals surface area (Å²) in [4.78, 5) is 12.2. The lowest BCUT2D eigenvalue weighted by molar-refractivity contribution is -0.137. The number of hydrogen-bond donors (Lipinski definition) is 1. The number of hydrogen-bond acceptors (Lipinski definition) is 3. The van der Waals surface area contributed by atoms with Crippen LogP contribution in [0.2, 0.25) is 0 Å². The molecule has 0 aliphatic heterocycles. The molecular formula is C17H14F3N3O2. The molecule has 0 spiro atoms. The fourth-order valence-corrected chi connectivity index (χ4v) is 2.26. The van der Waals surface area contributed by atoms with Gasteiger partial charge in [0.2, 0.25) is 0 Å². The van der Waals surface area contributed by atoms with Crippen molar-refractivity contribution in [2.75, 3.05) is 5.32 Å². The van der Waals surface area contributed by atoms with E-state index in [4.69, 9.17) is 4.42 Å². The summed E-state index contributed by atoms with van der Waals surface area (Å²) in [6, 6.07) is 7.60. The number of aryl methyl sites for hydroxylation is 1. The number of alkyl halides is 3. The predicted octanol–water partition coefficient (Wildman–Crippen LogP) is 4.43. The maximum absolute atomic E-state index is 12.8. The molecule has 0 bridgehead atoms. The van der Waals surface area contributed by atoms with E-state index < -0.39 is 17.6 Å². The number of nitrogens with zero attached hydrogens (tertiary/aromatic N) is 2. The average molecular weight is 349 g/mol. The van der Waals surface area contributed by atoms with Gasteiger partial charge in [-0.1, -0.05) is 12.1 Å². The molecule has 8 heteroatoms. The van der Waals surface area contributed by atoms with Crippen LogP contribution in [-0.2, 0) is 12.7 Å². The van der Waals surface area contributed by atoms with Crippen molar-refractivity contribution in [3.63, 3.8) is 0 Å². The fraction of sp³-hybridized carbons (Fsp3) is 0.176. The number of anilines is 1. The summed E-state index contributed by atoms with van der Waals surface area (Å²) >= 11 is 0. The number of amides is 1. The quantitative estimate of drug-likeness (QED) is 0.758. The van der Waals surface area contributed by atoms with Gasteiger partial charge in [-0.05, 0) is 31.2 Å². The van der Waals surface area contributed by atoms with Crippen LogP contribution in [0.1, 0.15) is 23.0 Å². The maximum Gasteiger partial charge on any atom is 0.416 e. The number of rotatable bonds is 4. The Kier molecular flexibility index (Phi) is 4.35. The van der Waals surface area contributed by atoms with Gasteiger partial charge in [0.1, 0.15) is 5.76 Å². The molecule has 0 aliphatic carbocycles. The molecule has 1 aromatic carbocycles. The van der Waals surface area contributed by atoms with Crippen LogP contribution in [0.15, 0.2) is 53.2 Å². The molecule has 0 unspecified atom stereocenters. The van der Waals surface area contributed by atoms with E-state index in [-0.39, 0.29) is 17.1 Å². The van der Waals surface area contributed by atoms with Crippen molar-refractivity contribution in [1.29, 1.82) is 0 Å². The second kappa shape index (κ2) is 6.46. The van der Waals surface area contributed by atoms with Crippen LogP contribution in [0.4, 0.5) is 18.9 Å². The van der Waals surface area contributed by atoms with Gasteiger partial charge in [-0.15, -0.1) is 0 Å². The summed E-state index contributed by atoms with van der Waals surface area (Å²) in [5.41, 5.74) is -0.0315. The molecule has 0 radical (unpaired) electrons. The predicted molar refractivity (Wildman–Crippen MR) is 85.0 cm³/mol. The Morgan fingerprint density at radius 1 is 1.28 bits per heavy atom. The summed E-state index contributed by atoms with van der Waals surface area (Å²) in [7, 11) is 0. The number of carbonyl (C=O) groups excluding carboxylic acids is 1. The topological polar surface area (TPSA) is 60.1 Å². The van der Waals surface area contributed by atoms with Gasteiger partial charge in [-0.3, -0.25) is 9.48 Å². The normalized spacial score (nSPS) is 11.5. The maximum atomic E-state index is 12.8. The molecular weight excluding hydrogens is 335 g/mol. The minimum atomic E-state index is -4.44. The van der Waals surface area contributed by atoms with Crippen molar-refractivity contribution >= 4 is 11.6 Å². The molecule has 130 valence electrons. The zero-order valence-corrected chi connectivity index (χ0v) is 13.2. The molecule has 1 amide bonds. The monoisotopic (exact) mass is 349 g/mol. The van der Waals surface area contributed by atoms with Crippen LogP contribution >= 0.6 is 0 Å². The molecule has 25 heavy (non-hydrogen) atoms. The van der Waals surface area contributed by atoms with Gasteiger partial charge in [0.15, 0.2) is 5.76 Å². The van der Waals surface area contributed by atoms with Crippen molar-refractivity contribution in [3.05, 3.63) is 60.1 Å². The number of halogens is 3. The SMILES string of the molecule is CCn1cc(NC(=O)c2ccc(-c3cccc(C(F)(F)F)c3)o2)cn1. The van der Waals surface area contributed by atoms with Gasteiger partial charge in [-0.2, -0.15) is 18.3 Å². The van der Waals surface area contributed by atoms with Crippen LogP contribution in [0.25, 0.3) is 11.3 Å². The van der Waals surface area contributed by atoms with E-state index in [1.807, 2.05) is 6.92 Å². The van der Waals surface area contributed by atoms with Crippen LogP contribution in [0.5, 0.6) is 0 Å². The van der Waals surface area contributed by atoms with E-state index in [1.165, 1.54) is 30.5 Å². The molecule has 2 heterocycles.